The van der Waals surface area contributed by atoms with Crippen molar-refractivity contribution in [1.82, 2.24) is 5.43 Å². The smallest absolute Gasteiger partial charge is 0.462 e. The van der Waals surface area contributed by atoms with Crippen molar-refractivity contribution in [2.75, 3.05) is 7.11 Å². The Morgan fingerprint density at radius 1 is 1.14 bits per heavy atom. The van der Waals surface area contributed by atoms with Crippen molar-refractivity contribution >= 4 is 6.21 Å². The molecule has 1 aromatic rings. The van der Waals surface area contributed by atoms with Crippen LogP contribution in [0.25, 0.3) is 0 Å². The number of hydrazone groups is 1. The van der Waals surface area contributed by atoms with Gasteiger partial charge in [0.1, 0.15) is 0 Å². The number of nitrogens with zero attached hydrogens (tertiary/aromatic N) is 1. The summed E-state index contributed by atoms with van der Waals surface area (Å²) < 4.78 is 91.0. The van der Waals surface area contributed by atoms with Gasteiger partial charge >= 0.3 is 18.1 Å². The van der Waals surface area contributed by atoms with Gasteiger partial charge in [-0.25, -0.2) is 5.43 Å². The van der Waals surface area contributed by atoms with E-state index >= 15 is 0 Å². The molecule has 0 saturated carbocycles. The second-order valence-corrected chi connectivity index (χ2v) is 3.95. The van der Waals surface area contributed by atoms with Crippen LogP contribution >= 0.6 is 0 Å². The number of rotatable bonds is 5. The molecular formula is C11H9F7N2O2. The highest BCUT2D eigenvalue weighted by Gasteiger charge is 2.73. The number of methoxy groups -OCH3 is 1. The zero-order valence-electron chi connectivity index (χ0n) is 10.8. The van der Waals surface area contributed by atoms with Crippen LogP contribution in [0.1, 0.15) is 5.56 Å². The minimum absolute atomic E-state index is 0.00766. The molecule has 2 N–H and O–H groups in total. The van der Waals surface area contributed by atoms with Crippen molar-refractivity contribution in [2.24, 2.45) is 5.10 Å². The molecule has 0 saturated heterocycles. The van der Waals surface area contributed by atoms with E-state index in [0.29, 0.717) is 11.6 Å². The second kappa shape index (κ2) is 5.89. The quantitative estimate of drug-likeness (QED) is 0.377. The van der Waals surface area contributed by atoms with Crippen molar-refractivity contribution < 1.29 is 40.6 Å². The lowest BCUT2D eigenvalue weighted by molar-refractivity contribution is -0.361. The SMILES string of the molecule is COc1cc(/C=N/NC(F)(F)C(F)(F)C(F)(F)F)ccc1O. The molecule has 0 aliphatic heterocycles. The van der Waals surface area contributed by atoms with E-state index < -0.39 is 18.1 Å². The number of nitrogens with one attached hydrogen (secondary N) is 1. The van der Waals surface area contributed by atoms with Gasteiger partial charge in [-0.05, 0) is 23.8 Å². The number of hydrogen-bond acceptors (Lipinski definition) is 4. The third-order valence-corrected chi connectivity index (χ3v) is 2.37. The molecule has 0 bridgehead atoms. The van der Waals surface area contributed by atoms with Crippen LogP contribution < -0.4 is 10.2 Å². The number of halogens is 7. The fourth-order valence-corrected chi connectivity index (χ4v) is 1.21. The molecule has 0 amide bonds. The van der Waals surface area contributed by atoms with Crippen molar-refractivity contribution in [3.05, 3.63) is 23.8 Å². The molecule has 4 nitrogen and oxygen atoms in total. The van der Waals surface area contributed by atoms with E-state index in [-0.39, 0.29) is 17.1 Å². The Hall–Kier alpha value is -2.20. The highest BCUT2D eigenvalue weighted by atomic mass is 19.4. The Balaban J connectivity index is 2.89. The molecule has 0 radical (unpaired) electrons. The molecule has 0 aromatic heterocycles. The van der Waals surface area contributed by atoms with Gasteiger partial charge in [0.15, 0.2) is 11.5 Å². The largest absolute Gasteiger partial charge is 0.504 e. The molecule has 0 aliphatic rings. The Bertz CT molecular complexity index is 558. The lowest BCUT2D eigenvalue weighted by Gasteiger charge is -2.27. The van der Waals surface area contributed by atoms with Gasteiger partial charge in [0.2, 0.25) is 0 Å². The van der Waals surface area contributed by atoms with Gasteiger partial charge in [-0.3, -0.25) is 0 Å². The van der Waals surface area contributed by atoms with E-state index in [1.807, 2.05) is 0 Å². The maximum absolute atomic E-state index is 12.9. The Labute approximate surface area is 119 Å². The lowest BCUT2D eigenvalue weighted by Crippen LogP contribution is -2.58. The molecule has 0 fully saturated rings. The normalized spacial score (nSPS) is 13.5. The number of aromatic hydroxyl groups is 1. The predicted octanol–water partition coefficient (Wildman–Crippen LogP) is 3.11. The zero-order chi connectivity index (χ0) is 17.2. The Kier molecular flexibility index (Phi) is 4.78. The van der Waals surface area contributed by atoms with E-state index in [1.54, 1.807) is 0 Å². The van der Waals surface area contributed by atoms with Gasteiger partial charge in [-0.15, -0.1) is 0 Å². The summed E-state index contributed by atoms with van der Waals surface area (Å²) >= 11 is 0. The van der Waals surface area contributed by atoms with Crippen LogP contribution in [-0.4, -0.2) is 36.6 Å². The monoisotopic (exact) mass is 334 g/mol. The molecule has 0 spiro atoms. The van der Waals surface area contributed by atoms with Gasteiger partial charge in [-0.2, -0.15) is 35.8 Å². The molecule has 22 heavy (non-hydrogen) atoms. The fraction of sp³-hybridized carbons (Fsp3) is 0.364. The standard InChI is InChI=1S/C11H9F7N2O2/c1-22-8-4-6(2-3-7(8)21)5-19-20-11(17,18)9(12,13)10(14,15)16/h2-5,20-21H,1H3/b19-5+. The summed E-state index contributed by atoms with van der Waals surface area (Å²) in [6.07, 6.45) is -5.89. The maximum Gasteiger partial charge on any atom is 0.462 e. The van der Waals surface area contributed by atoms with Crippen LogP contribution in [0.3, 0.4) is 0 Å². The first-order valence-electron chi connectivity index (χ1n) is 5.42. The van der Waals surface area contributed by atoms with Crippen molar-refractivity contribution in [1.29, 1.82) is 0 Å². The lowest BCUT2D eigenvalue weighted by atomic mass is 10.2. The van der Waals surface area contributed by atoms with Crippen molar-refractivity contribution in [3.63, 3.8) is 0 Å². The van der Waals surface area contributed by atoms with Crippen LogP contribution in [0.15, 0.2) is 23.3 Å². The van der Waals surface area contributed by atoms with E-state index in [1.165, 1.54) is 7.11 Å². The number of phenols is 1. The first kappa shape index (κ1) is 17.9. The average Bonchev–Trinajstić information content (AvgIpc) is 2.39. The molecule has 0 aliphatic carbocycles. The summed E-state index contributed by atoms with van der Waals surface area (Å²) in [7, 11) is 1.19. The molecule has 0 atom stereocenters. The predicted molar refractivity (Wildman–Crippen MR) is 61.3 cm³/mol. The molecule has 11 heteroatoms. The number of hydrogen-bond donors (Lipinski definition) is 2. The zero-order valence-corrected chi connectivity index (χ0v) is 10.8. The van der Waals surface area contributed by atoms with Crippen molar-refractivity contribution in [3.8, 4) is 11.5 Å². The van der Waals surface area contributed by atoms with E-state index in [0.717, 1.165) is 18.2 Å². The number of alkyl halides is 7. The van der Waals surface area contributed by atoms with E-state index in [9.17, 15) is 35.8 Å². The van der Waals surface area contributed by atoms with Gasteiger partial charge < -0.3 is 9.84 Å². The summed E-state index contributed by atoms with van der Waals surface area (Å²) in [4.78, 5) is 0. The topological polar surface area (TPSA) is 53.8 Å². The summed E-state index contributed by atoms with van der Waals surface area (Å²) in [5, 5.41) is 11.9. The van der Waals surface area contributed by atoms with Crippen LogP contribution in [0, 0.1) is 0 Å². The molecule has 0 unspecified atom stereocenters. The molecule has 1 aromatic carbocycles. The minimum atomic E-state index is -6.44. The Morgan fingerprint density at radius 3 is 2.23 bits per heavy atom. The first-order valence-corrected chi connectivity index (χ1v) is 5.42. The third-order valence-electron chi connectivity index (χ3n) is 2.37. The summed E-state index contributed by atoms with van der Waals surface area (Å²) in [6, 6.07) is -2.31. The van der Waals surface area contributed by atoms with Crippen molar-refractivity contribution in [2.45, 2.75) is 18.1 Å². The minimum Gasteiger partial charge on any atom is -0.504 e. The molecule has 1 rings (SSSR count). The molecular weight excluding hydrogens is 325 g/mol. The molecule has 124 valence electrons. The fourth-order valence-electron chi connectivity index (χ4n) is 1.21. The number of ether oxygens (including phenoxy) is 1. The first-order chi connectivity index (χ1) is 9.92. The van der Waals surface area contributed by atoms with Crippen LogP contribution in [0.2, 0.25) is 0 Å². The Morgan fingerprint density at radius 2 is 1.73 bits per heavy atom. The van der Waals surface area contributed by atoms with E-state index in [4.69, 9.17) is 0 Å². The summed E-state index contributed by atoms with van der Waals surface area (Å²) in [6.45, 7) is 0. The summed E-state index contributed by atoms with van der Waals surface area (Å²) in [5.74, 6) is -6.66. The third kappa shape index (κ3) is 3.52. The van der Waals surface area contributed by atoms with Gasteiger partial charge in [0.25, 0.3) is 0 Å². The van der Waals surface area contributed by atoms with Crippen LogP contribution in [0.4, 0.5) is 30.7 Å². The van der Waals surface area contributed by atoms with Gasteiger partial charge in [0.05, 0.1) is 13.3 Å². The number of phenolic OH excluding ortho intramolecular Hbond substituents is 1. The van der Waals surface area contributed by atoms with Gasteiger partial charge in [-0.1, -0.05) is 0 Å². The molecule has 0 heterocycles. The second-order valence-electron chi connectivity index (χ2n) is 3.95. The number of benzene rings is 1. The highest BCUT2D eigenvalue weighted by molar-refractivity contribution is 5.80. The highest BCUT2D eigenvalue weighted by Crippen LogP contribution is 2.44. The van der Waals surface area contributed by atoms with E-state index in [2.05, 4.69) is 9.84 Å². The maximum atomic E-state index is 12.9. The van der Waals surface area contributed by atoms with Crippen LogP contribution in [-0.2, 0) is 0 Å². The van der Waals surface area contributed by atoms with Gasteiger partial charge in [0, 0.05) is 0 Å². The van der Waals surface area contributed by atoms with Crippen LogP contribution in [0.5, 0.6) is 11.5 Å². The summed E-state index contributed by atoms with van der Waals surface area (Å²) in [5.41, 5.74) is 0.477. The average molecular weight is 334 g/mol.